The predicted octanol–water partition coefficient (Wildman–Crippen LogP) is 7.40. The Morgan fingerprint density at radius 1 is 0.844 bits per heavy atom. The van der Waals surface area contributed by atoms with E-state index in [-0.39, 0.29) is 17.9 Å². The van der Waals surface area contributed by atoms with Crippen molar-refractivity contribution in [3.63, 3.8) is 0 Å². The van der Waals surface area contributed by atoms with Crippen LogP contribution in [-0.2, 0) is 16.0 Å². The van der Waals surface area contributed by atoms with E-state index < -0.39 is 6.04 Å². The molecule has 7 nitrogen and oxygen atoms in total. The summed E-state index contributed by atoms with van der Waals surface area (Å²) >= 11 is 0. The Hall–Kier alpha value is -4.75. The van der Waals surface area contributed by atoms with Crippen LogP contribution in [0.3, 0.4) is 0 Å². The molecule has 45 heavy (non-hydrogen) atoms. The number of unbranched alkanes of at least 4 members (excludes halogenated alkanes) is 1. The Morgan fingerprint density at radius 3 is 2.22 bits per heavy atom. The Bertz CT molecular complexity index is 1750. The zero-order valence-corrected chi connectivity index (χ0v) is 26.3. The second kappa shape index (κ2) is 15.3. The van der Waals surface area contributed by atoms with Gasteiger partial charge in [0.15, 0.2) is 0 Å². The Balaban J connectivity index is 1.51. The molecule has 0 saturated carbocycles. The lowest BCUT2D eigenvalue weighted by Crippen LogP contribution is -2.41. The van der Waals surface area contributed by atoms with E-state index in [4.69, 9.17) is 14.5 Å². The maximum absolute atomic E-state index is 14.1. The number of para-hydroxylation sites is 1. The van der Waals surface area contributed by atoms with E-state index in [1.165, 1.54) is 0 Å². The van der Waals surface area contributed by atoms with Gasteiger partial charge < -0.3 is 14.4 Å². The minimum atomic E-state index is -0.464. The van der Waals surface area contributed by atoms with Gasteiger partial charge in [-0.2, -0.15) is 0 Å². The minimum absolute atomic E-state index is 0.0556. The van der Waals surface area contributed by atoms with Crippen LogP contribution in [0.2, 0.25) is 0 Å². The molecule has 0 fully saturated rings. The number of hydrogen-bond donors (Lipinski definition) is 0. The van der Waals surface area contributed by atoms with Gasteiger partial charge in [-0.15, -0.1) is 0 Å². The number of methoxy groups -OCH3 is 1. The predicted molar refractivity (Wildman–Crippen MR) is 180 cm³/mol. The van der Waals surface area contributed by atoms with Gasteiger partial charge in [0.05, 0.1) is 42.3 Å². The second-order valence-electron chi connectivity index (χ2n) is 11.1. The first-order valence-electron chi connectivity index (χ1n) is 15.7. The number of fused-ring (bicyclic) bond motifs is 1. The topological polar surface area (TPSA) is 73.7 Å². The third kappa shape index (κ3) is 7.49. The Kier molecular flexibility index (Phi) is 10.8. The number of aromatic nitrogens is 2. The molecule has 4 aromatic carbocycles. The molecular formula is C38H41N3O4. The van der Waals surface area contributed by atoms with Gasteiger partial charge in [0.2, 0.25) is 5.91 Å². The average Bonchev–Trinajstić information content (AvgIpc) is 3.08. The largest absolute Gasteiger partial charge is 0.494 e. The molecule has 5 aromatic rings. The summed E-state index contributed by atoms with van der Waals surface area (Å²) < 4.78 is 13.0. The monoisotopic (exact) mass is 603 g/mol. The van der Waals surface area contributed by atoms with Gasteiger partial charge >= 0.3 is 0 Å². The molecule has 0 aliphatic heterocycles. The van der Waals surface area contributed by atoms with Crippen molar-refractivity contribution < 1.29 is 14.3 Å². The van der Waals surface area contributed by atoms with Crippen molar-refractivity contribution in [2.45, 2.75) is 45.6 Å². The number of hydrogen-bond acceptors (Lipinski definition) is 5. The molecule has 1 heterocycles. The molecule has 0 bridgehead atoms. The third-order valence-corrected chi connectivity index (χ3v) is 8.00. The summed E-state index contributed by atoms with van der Waals surface area (Å²) in [6.45, 7) is 5.50. The number of benzene rings is 4. The SMILES string of the molecule is CCCCOc1ccc(-n2c(C(CC)N(CCOC)C(=O)Cc3ccc(-c4ccccc4)cc3)nc3ccccc3c2=O)cc1. The first kappa shape index (κ1) is 31.7. The van der Waals surface area contributed by atoms with E-state index in [2.05, 4.69) is 19.1 Å². The number of ether oxygens (including phenoxy) is 2. The fraction of sp³-hybridized carbons (Fsp3) is 0.289. The molecule has 0 saturated heterocycles. The highest BCUT2D eigenvalue weighted by molar-refractivity contribution is 5.80. The van der Waals surface area contributed by atoms with Crippen LogP contribution in [-0.4, -0.2) is 47.2 Å². The van der Waals surface area contributed by atoms with E-state index >= 15 is 0 Å². The van der Waals surface area contributed by atoms with Crippen LogP contribution < -0.4 is 10.3 Å². The Labute approximate surface area is 265 Å². The van der Waals surface area contributed by atoms with Crippen molar-refractivity contribution in [3.8, 4) is 22.6 Å². The quantitative estimate of drug-likeness (QED) is 0.124. The minimum Gasteiger partial charge on any atom is -0.494 e. The molecule has 1 unspecified atom stereocenters. The highest BCUT2D eigenvalue weighted by Crippen LogP contribution is 2.28. The molecule has 1 aromatic heterocycles. The molecule has 0 aliphatic rings. The van der Waals surface area contributed by atoms with E-state index in [1.54, 1.807) is 17.7 Å². The molecular weight excluding hydrogens is 562 g/mol. The van der Waals surface area contributed by atoms with Gasteiger partial charge in [-0.3, -0.25) is 14.2 Å². The number of carbonyl (C=O) groups excluding carboxylic acids is 1. The second-order valence-corrected chi connectivity index (χ2v) is 11.1. The fourth-order valence-corrected chi connectivity index (χ4v) is 5.56. The van der Waals surface area contributed by atoms with Gasteiger partial charge in [-0.25, -0.2) is 4.98 Å². The lowest BCUT2D eigenvalue weighted by Gasteiger charge is -2.32. The zero-order chi connectivity index (χ0) is 31.6. The maximum Gasteiger partial charge on any atom is 0.266 e. The number of nitrogens with zero attached hydrogens (tertiary/aromatic N) is 3. The lowest BCUT2D eigenvalue weighted by molar-refractivity contribution is -0.134. The Morgan fingerprint density at radius 2 is 1.53 bits per heavy atom. The summed E-state index contributed by atoms with van der Waals surface area (Å²) in [5, 5.41) is 0.521. The summed E-state index contributed by atoms with van der Waals surface area (Å²) in [6.07, 6.45) is 2.80. The molecule has 5 rings (SSSR count). The summed E-state index contributed by atoms with van der Waals surface area (Å²) in [5.41, 5.74) is 4.24. The van der Waals surface area contributed by atoms with Gasteiger partial charge in [-0.05, 0) is 65.9 Å². The van der Waals surface area contributed by atoms with Crippen molar-refractivity contribution in [1.29, 1.82) is 0 Å². The van der Waals surface area contributed by atoms with E-state index in [0.29, 0.717) is 48.6 Å². The lowest BCUT2D eigenvalue weighted by atomic mass is 10.0. The number of carbonyl (C=O) groups is 1. The van der Waals surface area contributed by atoms with Gasteiger partial charge in [0.1, 0.15) is 11.6 Å². The summed E-state index contributed by atoms with van der Waals surface area (Å²) in [4.78, 5) is 35.0. The van der Waals surface area contributed by atoms with Crippen LogP contribution in [0.1, 0.15) is 50.5 Å². The van der Waals surface area contributed by atoms with E-state index in [0.717, 1.165) is 35.3 Å². The molecule has 0 spiro atoms. The zero-order valence-electron chi connectivity index (χ0n) is 26.3. The van der Waals surface area contributed by atoms with Crippen LogP contribution in [0.25, 0.3) is 27.7 Å². The summed E-state index contributed by atoms with van der Waals surface area (Å²) in [5.74, 6) is 1.21. The highest BCUT2D eigenvalue weighted by atomic mass is 16.5. The van der Waals surface area contributed by atoms with Gasteiger partial charge in [0, 0.05) is 13.7 Å². The fourth-order valence-electron chi connectivity index (χ4n) is 5.56. The standard InChI is InChI=1S/C38H41N3O4/c1-4-6-25-45-32-22-20-31(21-23-32)41-37(39-34-15-11-10-14-33(34)38(41)43)35(5-2)40(24-26-44-3)36(42)27-28-16-18-30(19-17-28)29-12-8-7-9-13-29/h7-23,35H,4-6,24-27H2,1-3H3. The van der Waals surface area contributed by atoms with Crippen molar-refractivity contribution >= 4 is 16.8 Å². The molecule has 7 heteroatoms. The molecule has 0 N–H and O–H groups in total. The smallest absolute Gasteiger partial charge is 0.266 e. The van der Waals surface area contributed by atoms with E-state index in [1.807, 2.05) is 96.8 Å². The molecule has 1 atom stereocenters. The maximum atomic E-state index is 14.1. The van der Waals surface area contributed by atoms with Crippen molar-refractivity contribution in [2.75, 3.05) is 26.9 Å². The van der Waals surface area contributed by atoms with Crippen molar-refractivity contribution in [3.05, 3.63) is 125 Å². The molecule has 232 valence electrons. The number of amides is 1. The molecule has 1 amide bonds. The van der Waals surface area contributed by atoms with Crippen LogP contribution in [0.4, 0.5) is 0 Å². The summed E-state index contributed by atoms with van der Waals surface area (Å²) in [6, 6.07) is 32.7. The van der Waals surface area contributed by atoms with Crippen molar-refractivity contribution in [1.82, 2.24) is 14.5 Å². The first-order valence-corrected chi connectivity index (χ1v) is 15.7. The molecule has 0 aliphatic carbocycles. The van der Waals surface area contributed by atoms with E-state index in [9.17, 15) is 9.59 Å². The summed E-state index contributed by atoms with van der Waals surface area (Å²) in [7, 11) is 1.63. The van der Waals surface area contributed by atoms with Crippen LogP contribution in [0.15, 0.2) is 108 Å². The van der Waals surface area contributed by atoms with Gasteiger partial charge in [0.25, 0.3) is 5.56 Å². The first-order chi connectivity index (χ1) is 22.0. The van der Waals surface area contributed by atoms with Crippen LogP contribution in [0, 0.1) is 0 Å². The van der Waals surface area contributed by atoms with Gasteiger partial charge in [-0.1, -0.05) is 87.0 Å². The average molecular weight is 604 g/mol. The highest BCUT2D eigenvalue weighted by Gasteiger charge is 2.29. The third-order valence-electron chi connectivity index (χ3n) is 8.00. The number of rotatable bonds is 14. The normalized spacial score (nSPS) is 11.8. The van der Waals surface area contributed by atoms with Crippen LogP contribution in [0.5, 0.6) is 5.75 Å². The van der Waals surface area contributed by atoms with Crippen LogP contribution >= 0.6 is 0 Å². The molecule has 0 radical (unpaired) electrons. The van der Waals surface area contributed by atoms with Crippen molar-refractivity contribution in [2.24, 2.45) is 0 Å².